The smallest absolute Gasteiger partial charge is 0.331 e. The van der Waals surface area contributed by atoms with E-state index in [2.05, 4.69) is 11.2 Å². The summed E-state index contributed by atoms with van der Waals surface area (Å²) >= 11 is 0. The Labute approximate surface area is 148 Å². The molecule has 1 saturated heterocycles. The number of piperidine rings is 1. The van der Waals surface area contributed by atoms with Crippen LogP contribution >= 0.6 is 0 Å². The van der Waals surface area contributed by atoms with Gasteiger partial charge < -0.3 is 14.9 Å². The average Bonchev–Trinajstić information content (AvgIpc) is 2.61. The molecule has 0 aromatic heterocycles. The van der Waals surface area contributed by atoms with Crippen LogP contribution < -0.4 is 5.32 Å². The highest BCUT2D eigenvalue weighted by Gasteiger charge is 2.43. The zero-order valence-corrected chi connectivity index (χ0v) is 14.9. The predicted molar refractivity (Wildman–Crippen MR) is 93.5 cm³/mol. The van der Waals surface area contributed by atoms with Crippen LogP contribution in [0.4, 0.5) is 0 Å². The number of amides is 1. The minimum atomic E-state index is -1.03. The van der Waals surface area contributed by atoms with Crippen molar-refractivity contribution in [3.8, 4) is 12.3 Å². The quantitative estimate of drug-likeness (QED) is 0.642. The number of rotatable bonds is 5. The normalized spacial score (nSPS) is 16.7. The zero-order chi connectivity index (χ0) is 18.4. The van der Waals surface area contributed by atoms with Crippen molar-refractivity contribution in [2.45, 2.75) is 31.7 Å². The van der Waals surface area contributed by atoms with Crippen molar-refractivity contribution in [1.29, 1.82) is 0 Å². The third kappa shape index (κ3) is 4.38. The van der Waals surface area contributed by atoms with E-state index in [0.717, 1.165) is 11.1 Å². The first-order valence-corrected chi connectivity index (χ1v) is 8.18. The van der Waals surface area contributed by atoms with Gasteiger partial charge in [-0.1, -0.05) is 23.6 Å². The number of esters is 1. The Morgan fingerprint density at radius 3 is 2.56 bits per heavy atom. The lowest BCUT2D eigenvalue weighted by molar-refractivity contribution is -0.171. The number of aryl methyl sites for hydroxylation is 1. The van der Waals surface area contributed by atoms with E-state index in [-0.39, 0.29) is 12.3 Å². The number of hydroxylamine groups is 2. The van der Waals surface area contributed by atoms with E-state index >= 15 is 0 Å². The fraction of sp³-hybridized carbons (Fsp3) is 0.474. The lowest BCUT2D eigenvalue weighted by Crippen LogP contribution is -2.60. The van der Waals surface area contributed by atoms with Crippen LogP contribution in [0.3, 0.4) is 0 Å². The summed E-state index contributed by atoms with van der Waals surface area (Å²) in [6, 6.07) is 5.63. The molecule has 1 aromatic rings. The number of carbonyl (C=O) groups is 2. The van der Waals surface area contributed by atoms with E-state index in [1.807, 2.05) is 25.1 Å². The zero-order valence-electron chi connectivity index (χ0n) is 14.9. The molecular weight excluding hydrogens is 320 g/mol. The van der Waals surface area contributed by atoms with Crippen molar-refractivity contribution >= 4 is 11.9 Å². The molecule has 0 unspecified atom stereocenters. The Morgan fingerprint density at radius 1 is 1.32 bits per heavy atom. The third-order valence-electron chi connectivity index (χ3n) is 4.56. The molecule has 0 atom stereocenters. The van der Waals surface area contributed by atoms with E-state index < -0.39 is 11.5 Å². The van der Waals surface area contributed by atoms with Crippen molar-refractivity contribution in [1.82, 2.24) is 10.4 Å². The van der Waals surface area contributed by atoms with Crippen LogP contribution in [-0.2, 0) is 25.6 Å². The van der Waals surface area contributed by atoms with Crippen molar-refractivity contribution in [2.75, 3.05) is 27.3 Å². The van der Waals surface area contributed by atoms with Gasteiger partial charge in [0.05, 0.1) is 20.6 Å². The molecule has 134 valence electrons. The molecule has 0 saturated carbocycles. The van der Waals surface area contributed by atoms with Gasteiger partial charge >= 0.3 is 5.97 Å². The molecule has 1 fully saturated rings. The molecule has 25 heavy (non-hydrogen) atoms. The second-order valence-electron chi connectivity index (χ2n) is 6.22. The van der Waals surface area contributed by atoms with Crippen LogP contribution in [0.5, 0.6) is 0 Å². The molecule has 0 radical (unpaired) electrons. The molecule has 1 N–H and O–H groups in total. The molecule has 6 nitrogen and oxygen atoms in total. The van der Waals surface area contributed by atoms with Crippen LogP contribution in [0.25, 0.3) is 0 Å². The Morgan fingerprint density at radius 2 is 2.00 bits per heavy atom. The van der Waals surface area contributed by atoms with E-state index in [4.69, 9.17) is 16.0 Å². The van der Waals surface area contributed by atoms with E-state index in [1.54, 1.807) is 12.2 Å². The second kappa shape index (κ2) is 8.15. The van der Waals surface area contributed by atoms with E-state index in [1.165, 1.54) is 7.11 Å². The largest absolute Gasteiger partial charge is 0.467 e. The fourth-order valence-electron chi connectivity index (χ4n) is 3.12. The number of hydrogen-bond donors (Lipinski definition) is 1. The number of nitrogens with zero attached hydrogens (tertiary/aromatic N) is 1. The van der Waals surface area contributed by atoms with E-state index in [0.29, 0.717) is 31.5 Å². The van der Waals surface area contributed by atoms with Crippen LogP contribution in [-0.4, -0.2) is 49.8 Å². The maximum absolute atomic E-state index is 12.6. The molecule has 1 amide bonds. The number of ether oxygens (including phenoxy) is 1. The van der Waals surface area contributed by atoms with Gasteiger partial charge in [0.25, 0.3) is 0 Å². The Bertz CT molecular complexity index is 685. The average molecular weight is 344 g/mol. The topological polar surface area (TPSA) is 67.9 Å². The van der Waals surface area contributed by atoms with E-state index in [9.17, 15) is 9.59 Å². The number of hydrogen-bond acceptors (Lipinski definition) is 5. The minimum Gasteiger partial charge on any atom is -0.467 e. The van der Waals surface area contributed by atoms with Crippen molar-refractivity contribution in [2.24, 2.45) is 0 Å². The number of terminal acetylenes is 1. The highest BCUT2D eigenvalue weighted by atomic mass is 16.7. The lowest BCUT2D eigenvalue weighted by atomic mass is 9.87. The summed E-state index contributed by atoms with van der Waals surface area (Å²) in [5.74, 6) is 1.91. The van der Waals surface area contributed by atoms with Gasteiger partial charge in [0.15, 0.2) is 0 Å². The van der Waals surface area contributed by atoms with Crippen molar-refractivity contribution in [3.05, 3.63) is 34.9 Å². The van der Waals surface area contributed by atoms with Gasteiger partial charge in [-0.2, -0.15) is 5.06 Å². The van der Waals surface area contributed by atoms with Crippen LogP contribution in [0.1, 0.15) is 29.5 Å². The summed E-state index contributed by atoms with van der Waals surface area (Å²) in [5, 5.41) is 4.64. The Hall–Kier alpha value is -2.36. The number of nitrogens with one attached hydrogen (secondary N) is 1. The van der Waals surface area contributed by atoms with Gasteiger partial charge in [-0.25, -0.2) is 4.79 Å². The molecule has 2 rings (SSSR count). The van der Waals surface area contributed by atoms with Crippen LogP contribution in [0.2, 0.25) is 0 Å². The summed E-state index contributed by atoms with van der Waals surface area (Å²) in [6.07, 6.45) is 6.48. The first kappa shape index (κ1) is 19.0. The van der Waals surface area contributed by atoms with Gasteiger partial charge in [-0.15, -0.1) is 6.42 Å². The fourth-order valence-corrected chi connectivity index (χ4v) is 3.12. The monoisotopic (exact) mass is 344 g/mol. The van der Waals surface area contributed by atoms with Gasteiger partial charge in [0.1, 0.15) is 5.54 Å². The standard InChI is InChI=1S/C19H24N2O4/c1-5-15-7-6-14(2)12-16(15)13-17(22)20-19(18(23)24-3)8-10-21(25-4)11-9-19/h1,6-7,12H,8-11,13H2,2-4H3,(H,20,22). The summed E-state index contributed by atoms with van der Waals surface area (Å²) in [7, 11) is 2.92. The number of benzene rings is 1. The third-order valence-corrected chi connectivity index (χ3v) is 4.56. The first-order valence-electron chi connectivity index (χ1n) is 8.18. The van der Waals surface area contributed by atoms with Gasteiger partial charge in [-0.3, -0.25) is 4.79 Å². The summed E-state index contributed by atoms with van der Waals surface area (Å²) in [4.78, 5) is 30.1. The van der Waals surface area contributed by atoms with Crippen molar-refractivity contribution < 1.29 is 19.2 Å². The highest BCUT2D eigenvalue weighted by Crippen LogP contribution is 2.24. The molecule has 0 aliphatic carbocycles. The summed E-state index contributed by atoms with van der Waals surface area (Å²) in [6.45, 7) is 3.01. The molecule has 1 aliphatic rings. The minimum absolute atomic E-state index is 0.119. The SMILES string of the molecule is C#Cc1ccc(C)cc1CC(=O)NC1(C(=O)OC)CCN(OC)CC1. The maximum atomic E-state index is 12.6. The number of methoxy groups -OCH3 is 1. The van der Waals surface area contributed by atoms with Gasteiger partial charge in [0.2, 0.25) is 5.91 Å². The second-order valence-corrected chi connectivity index (χ2v) is 6.22. The molecule has 0 spiro atoms. The number of carbonyl (C=O) groups excluding carboxylic acids is 2. The predicted octanol–water partition coefficient (Wildman–Crippen LogP) is 1.20. The Balaban J connectivity index is 2.14. The summed E-state index contributed by atoms with van der Waals surface area (Å²) < 4.78 is 4.93. The molecule has 6 heteroatoms. The molecule has 0 bridgehead atoms. The summed E-state index contributed by atoms with van der Waals surface area (Å²) in [5.41, 5.74) is 1.45. The van der Waals surface area contributed by atoms with Crippen molar-refractivity contribution in [3.63, 3.8) is 0 Å². The molecule has 1 aromatic carbocycles. The maximum Gasteiger partial charge on any atom is 0.331 e. The van der Waals surface area contributed by atoms with Crippen LogP contribution in [0, 0.1) is 19.3 Å². The lowest BCUT2D eigenvalue weighted by Gasteiger charge is -2.39. The van der Waals surface area contributed by atoms with Crippen LogP contribution in [0.15, 0.2) is 18.2 Å². The Kier molecular flexibility index (Phi) is 6.18. The molecule has 1 aliphatic heterocycles. The first-order chi connectivity index (χ1) is 11.9. The van der Waals surface area contributed by atoms with Gasteiger partial charge in [-0.05, 0) is 31.4 Å². The molecular formula is C19H24N2O4. The highest BCUT2D eigenvalue weighted by molar-refractivity contribution is 5.89. The van der Waals surface area contributed by atoms with Gasteiger partial charge in [0, 0.05) is 18.7 Å². The molecule has 1 heterocycles.